The highest BCUT2D eigenvalue weighted by Crippen LogP contribution is 2.26. The number of benzene rings is 1. The largest absolute Gasteiger partial charge is 0.359 e. The molecular weight excluding hydrogens is 246 g/mol. The third kappa shape index (κ3) is 3.19. The van der Waals surface area contributed by atoms with Gasteiger partial charge in [0.1, 0.15) is 0 Å². The minimum absolute atomic E-state index is 0.0249. The molecule has 2 heteroatoms. The SMILES string of the molecule is CCC(C)c1ccc(C2=CCC(C(=O)NC)C=C2)cc1. The van der Waals surface area contributed by atoms with Gasteiger partial charge < -0.3 is 5.32 Å². The molecule has 1 aromatic carbocycles. The Kier molecular flexibility index (Phi) is 4.78. The number of carbonyl (C=O) groups is 1. The fourth-order valence-electron chi connectivity index (χ4n) is 2.45. The number of nitrogens with one attached hydrogen (secondary N) is 1. The van der Waals surface area contributed by atoms with E-state index in [4.69, 9.17) is 0 Å². The van der Waals surface area contributed by atoms with Crippen molar-refractivity contribution >= 4 is 11.5 Å². The first-order chi connectivity index (χ1) is 9.65. The van der Waals surface area contributed by atoms with E-state index in [1.807, 2.05) is 6.08 Å². The van der Waals surface area contributed by atoms with Crippen molar-refractivity contribution in [2.75, 3.05) is 7.05 Å². The van der Waals surface area contributed by atoms with Gasteiger partial charge in [0.15, 0.2) is 0 Å². The molecule has 2 atom stereocenters. The van der Waals surface area contributed by atoms with E-state index in [9.17, 15) is 4.79 Å². The maximum atomic E-state index is 11.6. The normalized spacial score (nSPS) is 19.4. The molecule has 0 radical (unpaired) electrons. The van der Waals surface area contributed by atoms with Crippen molar-refractivity contribution in [1.82, 2.24) is 5.32 Å². The van der Waals surface area contributed by atoms with Crippen LogP contribution in [0.2, 0.25) is 0 Å². The number of rotatable bonds is 4. The van der Waals surface area contributed by atoms with E-state index in [0.717, 1.165) is 12.8 Å². The highest BCUT2D eigenvalue weighted by Gasteiger charge is 2.16. The Bertz CT molecular complexity index is 525. The molecule has 0 spiro atoms. The van der Waals surface area contributed by atoms with Gasteiger partial charge >= 0.3 is 0 Å². The van der Waals surface area contributed by atoms with Gasteiger partial charge in [-0.1, -0.05) is 56.3 Å². The van der Waals surface area contributed by atoms with Crippen LogP contribution in [0.15, 0.2) is 42.5 Å². The molecule has 0 fully saturated rings. The van der Waals surface area contributed by atoms with E-state index in [1.54, 1.807) is 7.05 Å². The summed E-state index contributed by atoms with van der Waals surface area (Å²) in [6, 6.07) is 8.78. The molecule has 2 nitrogen and oxygen atoms in total. The average Bonchev–Trinajstić information content (AvgIpc) is 2.53. The lowest BCUT2D eigenvalue weighted by Gasteiger charge is -2.16. The Labute approximate surface area is 121 Å². The zero-order valence-electron chi connectivity index (χ0n) is 12.5. The molecule has 0 aliphatic heterocycles. The zero-order chi connectivity index (χ0) is 14.5. The Morgan fingerprint density at radius 3 is 2.55 bits per heavy atom. The highest BCUT2D eigenvalue weighted by molar-refractivity contribution is 5.84. The van der Waals surface area contributed by atoms with E-state index in [2.05, 4.69) is 55.6 Å². The van der Waals surface area contributed by atoms with Crippen molar-refractivity contribution in [3.05, 3.63) is 53.6 Å². The van der Waals surface area contributed by atoms with Crippen LogP contribution in [0.25, 0.3) is 5.57 Å². The zero-order valence-corrected chi connectivity index (χ0v) is 12.5. The summed E-state index contributed by atoms with van der Waals surface area (Å²) in [7, 11) is 1.68. The van der Waals surface area contributed by atoms with Gasteiger partial charge in [0.05, 0.1) is 5.92 Å². The number of amides is 1. The minimum Gasteiger partial charge on any atom is -0.359 e. The lowest BCUT2D eigenvalue weighted by atomic mass is 9.91. The molecule has 106 valence electrons. The summed E-state index contributed by atoms with van der Waals surface area (Å²) in [6.45, 7) is 4.46. The van der Waals surface area contributed by atoms with Crippen LogP contribution in [-0.4, -0.2) is 13.0 Å². The molecule has 0 heterocycles. The van der Waals surface area contributed by atoms with Gasteiger partial charge in [-0.15, -0.1) is 0 Å². The second-order valence-corrected chi connectivity index (χ2v) is 5.41. The summed E-state index contributed by atoms with van der Waals surface area (Å²) in [5.74, 6) is 0.671. The molecule has 1 N–H and O–H groups in total. The van der Waals surface area contributed by atoms with Crippen molar-refractivity contribution in [2.24, 2.45) is 5.92 Å². The summed E-state index contributed by atoms with van der Waals surface area (Å²) >= 11 is 0. The topological polar surface area (TPSA) is 29.1 Å². The van der Waals surface area contributed by atoms with E-state index < -0.39 is 0 Å². The summed E-state index contributed by atoms with van der Waals surface area (Å²) in [4.78, 5) is 11.6. The van der Waals surface area contributed by atoms with Crippen LogP contribution in [0.4, 0.5) is 0 Å². The maximum Gasteiger partial charge on any atom is 0.226 e. The monoisotopic (exact) mass is 269 g/mol. The van der Waals surface area contributed by atoms with Crippen molar-refractivity contribution < 1.29 is 4.79 Å². The smallest absolute Gasteiger partial charge is 0.226 e. The molecule has 1 amide bonds. The molecule has 2 unspecified atom stereocenters. The molecule has 2 rings (SSSR count). The van der Waals surface area contributed by atoms with Crippen LogP contribution in [0, 0.1) is 5.92 Å². The van der Waals surface area contributed by atoms with E-state index >= 15 is 0 Å². The van der Waals surface area contributed by atoms with Crippen LogP contribution in [-0.2, 0) is 4.79 Å². The number of hydrogen-bond donors (Lipinski definition) is 1. The Balaban J connectivity index is 2.09. The molecule has 0 saturated carbocycles. The fraction of sp³-hybridized carbons (Fsp3) is 0.389. The van der Waals surface area contributed by atoms with Crippen molar-refractivity contribution in [2.45, 2.75) is 32.6 Å². The summed E-state index contributed by atoms with van der Waals surface area (Å²) in [6.07, 6.45) is 8.14. The predicted molar refractivity (Wildman–Crippen MR) is 84.4 cm³/mol. The van der Waals surface area contributed by atoms with E-state index in [1.165, 1.54) is 16.7 Å². The summed E-state index contributed by atoms with van der Waals surface area (Å²) in [5.41, 5.74) is 3.82. The fourth-order valence-corrected chi connectivity index (χ4v) is 2.45. The molecule has 20 heavy (non-hydrogen) atoms. The first-order valence-electron chi connectivity index (χ1n) is 7.36. The van der Waals surface area contributed by atoms with Crippen LogP contribution in [0.3, 0.4) is 0 Å². The number of hydrogen-bond acceptors (Lipinski definition) is 1. The average molecular weight is 269 g/mol. The van der Waals surface area contributed by atoms with E-state index in [0.29, 0.717) is 5.92 Å². The summed E-state index contributed by atoms with van der Waals surface area (Å²) in [5, 5.41) is 2.70. The second kappa shape index (κ2) is 6.56. The van der Waals surface area contributed by atoms with Crippen LogP contribution < -0.4 is 5.32 Å². The quantitative estimate of drug-likeness (QED) is 0.882. The number of allylic oxidation sites excluding steroid dienone is 3. The predicted octanol–water partition coefficient (Wildman–Crippen LogP) is 3.91. The Morgan fingerprint density at radius 1 is 1.35 bits per heavy atom. The first kappa shape index (κ1) is 14.6. The van der Waals surface area contributed by atoms with Gasteiger partial charge in [0.25, 0.3) is 0 Å². The minimum atomic E-state index is -0.0249. The number of carbonyl (C=O) groups excluding carboxylic acids is 1. The van der Waals surface area contributed by atoms with Crippen LogP contribution in [0.5, 0.6) is 0 Å². The Hall–Kier alpha value is -1.83. The van der Waals surface area contributed by atoms with E-state index in [-0.39, 0.29) is 11.8 Å². The third-order valence-electron chi connectivity index (χ3n) is 4.11. The molecule has 0 aromatic heterocycles. The molecule has 1 aliphatic carbocycles. The van der Waals surface area contributed by atoms with Gasteiger partial charge in [-0.3, -0.25) is 4.79 Å². The maximum absolute atomic E-state index is 11.6. The molecule has 0 saturated heterocycles. The lowest BCUT2D eigenvalue weighted by molar-refractivity contribution is -0.123. The second-order valence-electron chi connectivity index (χ2n) is 5.41. The van der Waals surface area contributed by atoms with Crippen LogP contribution >= 0.6 is 0 Å². The van der Waals surface area contributed by atoms with Gasteiger partial charge in [0, 0.05) is 7.05 Å². The van der Waals surface area contributed by atoms with Gasteiger partial charge in [0.2, 0.25) is 5.91 Å². The molecule has 0 bridgehead atoms. The van der Waals surface area contributed by atoms with Crippen molar-refractivity contribution in [3.63, 3.8) is 0 Å². The van der Waals surface area contributed by atoms with Gasteiger partial charge in [-0.25, -0.2) is 0 Å². The van der Waals surface area contributed by atoms with Gasteiger partial charge in [-0.05, 0) is 35.5 Å². The third-order valence-corrected chi connectivity index (χ3v) is 4.11. The van der Waals surface area contributed by atoms with Crippen molar-refractivity contribution in [1.29, 1.82) is 0 Å². The molecule has 1 aliphatic rings. The first-order valence-corrected chi connectivity index (χ1v) is 7.36. The Morgan fingerprint density at radius 2 is 2.05 bits per heavy atom. The van der Waals surface area contributed by atoms with Gasteiger partial charge in [-0.2, -0.15) is 0 Å². The molecule has 1 aromatic rings. The lowest BCUT2D eigenvalue weighted by Crippen LogP contribution is -2.26. The highest BCUT2D eigenvalue weighted by atomic mass is 16.1. The standard InChI is InChI=1S/C18H23NO/c1-4-13(2)14-5-7-15(8-6-14)16-9-11-17(12-10-16)18(20)19-3/h5-11,13,17H,4,12H2,1-3H3,(H,19,20). The van der Waals surface area contributed by atoms with Crippen LogP contribution in [0.1, 0.15) is 43.7 Å². The molecular formula is C18H23NO. The summed E-state index contributed by atoms with van der Waals surface area (Å²) < 4.78 is 0. The van der Waals surface area contributed by atoms with Crippen molar-refractivity contribution in [3.8, 4) is 0 Å².